The van der Waals surface area contributed by atoms with Gasteiger partial charge in [0.15, 0.2) is 0 Å². The van der Waals surface area contributed by atoms with Crippen LogP contribution in [0.5, 0.6) is 0 Å². The van der Waals surface area contributed by atoms with Gasteiger partial charge in [-0.2, -0.15) is 0 Å². The zero-order chi connectivity index (χ0) is 13.1. The Kier molecular flexibility index (Phi) is 4.99. The summed E-state index contributed by atoms with van der Waals surface area (Å²) < 4.78 is 5.27. The molecule has 0 saturated heterocycles. The minimum Gasteiger partial charge on any atom is -0.389 e. The lowest BCUT2D eigenvalue weighted by molar-refractivity contribution is -0.0296. The molecule has 1 saturated carbocycles. The van der Waals surface area contributed by atoms with E-state index in [9.17, 15) is 5.11 Å². The van der Waals surface area contributed by atoms with Crippen LogP contribution in [-0.4, -0.2) is 36.5 Å². The summed E-state index contributed by atoms with van der Waals surface area (Å²) in [6, 6.07) is 0.277. The Morgan fingerprint density at radius 1 is 1.18 bits per heavy atom. The van der Waals surface area contributed by atoms with Gasteiger partial charge in [-0.15, -0.1) is 0 Å². The number of nitrogens with one attached hydrogen (secondary N) is 1. The summed E-state index contributed by atoms with van der Waals surface area (Å²) in [5.74, 6) is 0. The molecule has 1 aliphatic rings. The standard InChI is InChI=1S/C14H29NO2/c1-11(12(2)17-5)15-10-14(16)8-6-13(3,4)7-9-14/h11-12,15-16H,6-10H2,1-5H3. The molecule has 2 unspecified atom stereocenters. The molecule has 0 spiro atoms. The number of hydrogen-bond acceptors (Lipinski definition) is 3. The second-order valence-corrected chi connectivity index (χ2v) is 6.50. The summed E-state index contributed by atoms with van der Waals surface area (Å²) in [6.07, 6.45) is 4.21. The first-order chi connectivity index (χ1) is 7.78. The van der Waals surface area contributed by atoms with E-state index in [1.54, 1.807) is 7.11 Å². The number of ether oxygens (including phenoxy) is 1. The molecular weight excluding hydrogens is 214 g/mol. The molecule has 0 amide bonds. The zero-order valence-electron chi connectivity index (χ0n) is 12.0. The van der Waals surface area contributed by atoms with Crippen LogP contribution < -0.4 is 5.32 Å². The molecule has 0 bridgehead atoms. The predicted octanol–water partition coefficient (Wildman–Crippen LogP) is 2.33. The van der Waals surface area contributed by atoms with Crippen LogP contribution >= 0.6 is 0 Å². The topological polar surface area (TPSA) is 41.5 Å². The van der Waals surface area contributed by atoms with E-state index in [0.717, 1.165) is 25.7 Å². The maximum absolute atomic E-state index is 10.5. The number of methoxy groups -OCH3 is 1. The van der Waals surface area contributed by atoms with Crippen molar-refractivity contribution in [3.8, 4) is 0 Å². The molecule has 0 aromatic carbocycles. The molecule has 0 aromatic rings. The van der Waals surface area contributed by atoms with E-state index in [-0.39, 0.29) is 12.1 Å². The van der Waals surface area contributed by atoms with E-state index < -0.39 is 5.60 Å². The Morgan fingerprint density at radius 2 is 1.71 bits per heavy atom. The Morgan fingerprint density at radius 3 is 2.18 bits per heavy atom. The van der Waals surface area contributed by atoms with Gasteiger partial charge in [0.2, 0.25) is 0 Å². The third kappa shape index (κ3) is 4.57. The zero-order valence-corrected chi connectivity index (χ0v) is 12.0. The van der Waals surface area contributed by atoms with Gasteiger partial charge < -0.3 is 15.2 Å². The third-order valence-electron chi connectivity index (χ3n) is 4.36. The van der Waals surface area contributed by atoms with Gasteiger partial charge in [0.05, 0.1) is 11.7 Å². The number of hydrogen-bond donors (Lipinski definition) is 2. The van der Waals surface area contributed by atoms with Crippen LogP contribution in [0.1, 0.15) is 53.4 Å². The van der Waals surface area contributed by atoms with Crippen molar-refractivity contribution in [3.05, 3.63) is 0 Å². The average molecular weight is 243 g/mol. The minimum absolute atomic E-state index is 0.179. The van der Waals surface area contributed by atoms with Crippen LogP contribution in [0.3, 0.4) is 0 Å². The van der Waals surface area contributed by atoms with Crippen molar-refractivity contribution in [1.82, 2.24) is 5.32 Å². The van der Waals surface area contributed by atoms with Gasteiger partial charge in [-0.25, -0.2) is 0 Å². The van der Waals surface area contributed by atoms with Crippen molar-refractivity contribution in [3.63, 3.8) is 0 Å². The Bertz CT molecular complexity index is 230. The molecule has 1 fully saturated rings. The number of aliphatic hydroxyl groups is 1. The third-order valence-corrected chi connectivity index (χ3v) is 4.36. The van der Waals surface area contributed by atoms with Crippen LogP contribution in [0.2, 0.25) is 0 Å². The first kappa shape index (κ1) is 14.9. The van der Waals surface area contributed by atoms with Gasteiger partial charge in [0, 0.05) is 19.7 Å². The number of rotatable bonds is 5. The highest BCUT2D eigenvalue weighted by Gasteiger charge is 2.36. The van der Waals surface area contributed by atoms with Crippen LogP contribution in [0.4, 0.5) is 0 Å². The monoisotopic (exact) mass is 243 g/mol. The van der Waals surface area contributed by atoms with E-state index >= 15 is 0 Å². The molecule has 2 N–H and O–H groups in total. The highest BCUT2D eigenvalue weighted by atomic mass is 16.5. The lowest BCUT2D eigenvalue weighted by atomic mass is 9.71. The van der Waals surface area contributed by atoms with Crippen molar-refractivity contribution >= 4 is 0 Å². The highest BCUT2D eigenvalue weighted by molar-refractivity contribution is 4.91. The maximum Gasteiger partial charge on any atom is 0.0772 e. The predicted molar refractivity (Wildman–Crippen MR) is 71.1 cm³/mol. The molecule has 1 aliphatic carbocycles. The minimum atomic E-state index is -0.517. The molecule has 0 aliphatic heterocycles. The van der Waals surface area contributed by atoms with Gasteiger partial charge in [-0.3, -0.25) is 0 Å². The van der Waals surface area contributed by atoms with Crippen LogP contribution in [0.25, 0.3) is 0 Å². The largest absolute Gasteiger partial charge is 0.389 e. The Labute approximate surface area is 106 Å². The highest BCUT2D eigenvalue weighted by Crippen LogP contribution is 2.39. The van der Waals surface area contributed by atoms with Crippen molar-refractivity contribution < 1.29 is 9.84 Å². The summed E-state index contributed by atoms with van der Waals surface area (Å²) in [6.45, 7) is 9.40. The van der Waals surface area contributed by atoms with Crippen LogP contribution in [0, 0.1) is 5.41 Å². The smallest absolute Gasteiger partial charge is 0.0772 e. The lowest BCUT2D eigenvalue weighted by Gasteiger charge is -2.41. The van der Waals surface area contributed by atoms with Gasteiger partial charge >= 0.3 is 0 Å². The molecule has 2 atom stereocenters. The first-order valence-electron chi connectivity index (χ1n) is 6.77. The molecule has 3 heteroatoms. The Balaban J connectivity index is 2.36. The van der Waals surface area contributed by atoms with Gasteiger partial charge in [0.25, 0.3) is 0 Å². The second-order valence-electron chi connectivity index (χ2n) is 6.50. The molecular formula is C14H29NO2. The molecule has 3 nitrogen and oxygen atoms in total. The Hall–Kier alpha value is -0.120. The van der Waals surface area contributed by atoms with E-state index in [2.05, 4.69) is 26.1 Å². The van der Waals surface area contributed by atoms with Crippen molar-refractivity contribution in [2.75, 3.05) is 13.7 Å². The van der Waals surface area contributed by atoms with E-state index in [1.807, 2.05) is 6.92 Å². The molecule has 0 heterocycles. The molecule has 0 radical (unpaired) electrons. The van der Waals surface area contributed by atoms with E-state index in [0.29, 0.717) is 12.0 Å². The van der Waals surface area contributed by atoms with Crippen LogP contribution in [-0.2, 0) is 4.74 Å². The summed E-state index contributed by atoms with van der Waals surface area (Å²) in [4.78, 5) is 0. The summed E-state index contributed by atoms with van der Waals surface area (Å²) in [5.41, 5.74) is -0.116. The van der Waals surface area contributed by atoms with Crippen molar-refractivity contribution in [1.29, 1.82) is 0 Å². The SMILES string of the molecule is COC(C)C(C)NCC1(O)CCC(C)(C)CC1. The fraction of sp³-hybridized carbons (Fsp3) is 1.00. The molecule has 1 rings (SSSR count). The normalized spacial score (nSPS) is 26.5. The molecule has 17 heavy (non-hydrogen) atoms. The summed E-state index contributed by atoms with van der Waals surface area (Å²) >= 11 is 0. The van der Waals surface area contributed by atoms with E-state index in [1.165, 1.54) is 0 Å². The molecule has 102 valence electrons. The van der Waals surface area contributed by atoms with Gasteiger partial charge in [0.1, 0.15) is 0 Å². The second kappa shape index (κ2) is 5.68. The average Bonchev–Trinajstić information content (AvgIpc) is 2.30. The fourth-order valence-corrected chi connectivity index (χ4v) is 2.29. The van der Waals surface area contributed by atoms with Crippen molar-refractivity contribution in [2.24, 2.45) is 5.41 Å². The van der Waals surface area contributed by atoms with Gasteiger partial charge in [-0.1, -0.05) is 13.8 Å². The fourth-order valence-electron chi connectivity index (χ4n) is 2.29. The quantitative estimate of drug-likeness (QED) is 0.778. The summed E-state index contributed by atoms with van der Waals surface area (Å²) in [7, 11) is 1.72. The lowest BCUT2D eigenvalue weighted by Crippen LogP contribution is -2.49. The summed E-state index contributed by atoms with van der Waals surface area (Å²) in [5, 5.41) is 13.9. The first-order valence-corrected chi connectivity index (χ1v) is 6.77. The maximum atomic E-state index is 10.5. The van der Waals surface area contributed by atoms with E-state index in [4.69, 9.17) is 4.74 Å². The van der Waals surface area contributed by atoms with Gasteiger partial charge in [-0.05, 0) is 44.9 Å². The van der Waals surface area contributed by atoms with Crippen molar-refractivity contribution in [2.45, 2.75) is 71.1 Å². The molecule has 0 aromatic heterocycles. The van der Waals surface area contributed by atoms with Crippen LogP contribution in [0.15, 0.2) is 0 Å².